The van der Waals surface area contributed by atoms with E-state index in [-0.39, 0.29) is 6.03 Å². The number of urea groups is 1. The minimum Gasteiger partial charge on any atom is -0.490 e. The van der Waals surface area contributed by atoms with Crippen molar-refractivity contribution in [2.24, 2.45) is 0 Å². The van der Waals surface area contributed by atoms with E-state index in [1.54, 1.807) is 0 Å². The topological polar surface area (TPSA) is 118 Å². The Morgan fingerprint density at radius 3 is 2.46 bits per heavy atom. The van der Waals surface area contributed by atoms with Gasteiger partial charge >= 0.3 is 6.03 Å². The molecule has 0 unspecified atom stereocenters. The molecule has 4 aromatic rings. The first-order valence-corrected chi connectivity index (χ1v) is 11.6. The number of H-pyrrole nitrogens is 1. The number of carbonyl (C=O) groups is 1. The predicted octanol–water partition coefficient (Wildman–Crippen LogP) is 4.17. The smallest absolute Gasteiger partial charge is 0.323 e. The number of nitrogen functional groups attached to an aromatic ring is 1. The number of rotatable bonds is 7. The second-order valence-corrected chi connectivity index (χ2v) is 8.30. The van der Waals surface area contributed by atoms with Gasteiger partial charge in [-0.05, 0) is 47.5 Å². The number of aromatic amines is 1. The van der Waals surface area contributed by atoms with Crippen molar-refractivity contribution in [2.75, 3.05) is 55.8 Å². The summed E-state index contributed by atoms with van der Waals surface area (Å²) in [6.45, 7) is 4.78. The number of ether oxygens (including phenoxy) is 2. The lowest BCUT2D eigenvalue weighted by Crippen LogP contribution is -2.38. The number of hydrogen-bond acceptors (Lipinski definition) is 6. The first-order chi connectivity index (χ1) is 17.2. The van der Waals surface area contributed by atoms with E-state index >= 15 is 0 Å². The number of para-hydroxylation sites is 1. The summed E-state index contributed by atoms with van der Waals surface area (Å²) in [5, 5.41) is 13.7. The lowest BCUT2D eigenvalue weighted by atomic mass is 10.0. The van der Waals surface area contributed by atoms with Gasteiger partial charge in [-0.2, -0.15) is 5.10 Å². The lowest BCUT2D eigenvalue weighted by Gasteiger charge is -2.26. The predicted molar refractivity (Wildman–Crippen MR) is 138 cm³/mol. The molecule has 1 fully saturated rings. The third kappa shape index (κ3) is 5.37. The SMILES string of the molecule is Nc1n[nH]c2c(OCCN3CCOCC3)ccc(-c3ccc(NC(=O)Nc4ccccc4)cc3)c12. The van der Waals surface area contributed by atoms with Gasteiger partial charge in [0.2, 0.25) is 0 Å². The van der Waals surface area contributed by atoms with Gasteiger partial charge < -0.3 is 25.8 Å². The van der Waals surface area contributed by atoms with E-state index in [1.807, 2.05) is 66.7 Å². The highest BCUT2D eigenvalue weighted by Gasteiger charge is 2.16. The van der Waals surface area contributed by atoms with Crippen molar-refractivity contribution < 1.29 is 14.3 Å². The summed E-state index contributed by atoms with van der Waals surface area (Å²) in [5.41, 5.74) is 10.3. The molecule has 1 aromatic heterocycles. The molecule has 0 atom stereocenters. The Bertz CT molecular complexity index is 1280. The number of benzene rings is 3. The zero-order valence-corrected chi connectivity index (χ0v) is 19.3. The van der Waals surface area contributed by atoms with Gasteiger partial charge in [-0.3, -0.25) is 10.00 Å². The average molecular weight is 473 g/mol. The van der Waals surface area contributed by atoms with Crippen molar-refractivity contribution in [2.45, 2.75) is 0 Å². The zero-order valence-electron chi connectivity index (χ0n) is 19.3. The molecule has 2 heterocycles. The number of nitrogens with one attached hydrogen (secondary N) is 3. The molecule has 5 N–H and O–H groups in total. The second kappa shape index (κ2) is 10.5. The zero-order chi connectivity index (χ0) is 24.0. The molecule has 1 saturated heterocycles. The fourth-order valence-corrected chi connectivity index (χ4v) is 4.15. The third-order valence-electron chi connectivity index (χ3n) is 5.97. The highest BCUT2D eigenvalue weighted by atomic mass is 16.5. The quantitative estimate of drug-likeness (QED) is 0.321. The molecule has 3 aromatic carbocycles. The number of nitrogens with two attached hydrogens (primary N) is 1. The maximum absolute atomic E-state index is 12.3. The van der Waals surface area contributed by atoms with Crippen LogP contribution in [0, 0.1) is 0 Å². The molecule has 1 aliphatic rings. The number of morpholine rings is 1. The molecular formula is C26H28N6O3. The van der Waals surface area contributed by atoms with Crippen molar-refractivity contribution in [1.29, 1.82) is 0 Å². The lowest BCUT2D eigenvalue weighted by molar-refractivity contribution is 0.0323. The highest BCUT2D eigenvalue weighted by molar-refractivity contribution is 6.04. The van der Waals surface area contributed by atoms with Crippen molar-refractivity contribution >= 4 is 34.1 Å². The monoisotopic (exact) mass is 472 g/mol. The maximum Gasteiger partial charge on any atom is 0.323 e. The van der Waals surface area contributed by atoms with E-state index in [1.165, 1.54) is 0 Å². The normalized spacial score (nSPS) is 14.1. The largest absolute Gasteiger partial charge is 0.490 e. The molecule has 0 aliphatic carbocycles. The Hall–Kier alpha value is -4.08. The summed E-state index contributed by atoms with van der Waals surface area (Å²) in [5.74, 6) is 1.13. The number of nitrogens with zero attached hydrogens (tertiary/aromatic N) is 2. The van der Waals surface area contributed by atoms with Gasteiger partial charge in [0.05, 0.1) is 18.6 Å². The molecule has 35 heavy (non-hydrogen) atoms. The first kappa shape index (κ1) is 22.7. The molecule has 0 saturated carbocycles. The number of amides is 2. The number of anilines is 3. The minimum atomic E-state index is -0.302. The van der Waals surface area contributed by atoms with Crippen LogP contribution in [0.3, 0.4) is 0 Å². The van der Waals surface area contributed by atoms with Crippen LogP contribution in [-0.4, -0.2) is 60.6 Å². The van der Waals surface area contributed by atoms with Crippen LogP contribution < -0.4 is 21.1 Å². The van der Waals surface area contributed by atoms with Crippen molar-refractivity contribution in [1.82, 2.24) is 15.1 Å². The Balaban J connectivity index is 1.28. The van der Waals surface area contributed by atoms with Gasteiger partial charge in [-0.15, -0.1) is 0 Å². The van der Waals surface area contributed by atoms with Crippen LogP contribution in [-0.2, 0) is 4.74 Å². The van der Waals surface area contributed by atoms with E-state index in [0.29, 0.717) is 18.1 Å². The summed E-state index contributed by atoms with van der Waals surface area (Å²) in [7, 11) is 0. The van der Waals surface area contributed by atoms with Gasteiger partial charge in [0.15, 0.2) is 5.82 Å². The summed E-state index contributed by atoms with van der Waals surface area (Å²) in [4.78, 5) is 14.6. The molecule has 0 spiro atoms. The number of carbonyl (C=O) groups excluding carboxylic acids is 1. The highest BCUT2D eigenvalue weighted by Crippen LogP contribution is 2.36. The molecule has 1 aliphatic heterocycles. The molecule has 5 rings (SSSR count). The number of fused-ring (bicyclic) bond motifs is 1. The standard InChI is InChI=1S/C26H28N6O3/c27-25-23-21(10-11-22(24(23)30-31-25)35-17-14-32-12-15-34-16-13-32)18-6-8-20(9-7-18)29-26(33)28-19-4-2-1-3-5-19/h1-11H,12-17H2,(H3,27,30,31)(H2,28,29,33). The third-order valence-corrected chi connectivity index (χ3v) is 5.97. The molecule has 0 radical (unpaired) electrons. The number of aromatic nitrogens is 2. The van der Waals surface area contributed by atoms with Crippen LogP contribution in [0.5, 0.6) is 5.75 Å². The fourth-order valence-electron chi connectivity index (χ4n) is 4.15. The molecule has 180 valence electrons. The molecule has 9 nitrogen and oxygen atoms in total. The van der Waals surface area contributed by atoms with Crippen LogP contribution in [0.2, 0.25) is 0 Å². The van der Waals surface area contributed by atoms with Gasteiger partial charge in [-0.1, -0.05) is 30.3 Å². The van der Waals surface area contributed by atoms with E-state index < -0.39 is 0 Å². The van der Waals surface area contributed by atoms with Crippen LogP contribution in [0.25, 0.3) is 22.0 Å². The molecule has 9 heteroatoms. The maximum atomic E-state index is 12.3. The van der Waals surface area contributed by atoms with Crippen molar-refractivity contribution in [3.63, 3.8) is 0 Å². The Kier molecular flexibility index (Phi) is 6.78. The van der Waals surface area contributed by atoms with Gasteiger partial charge in [0.1, 0.15) is 17.9 Å². The average Bonchev–Trinajstić information content (AvgIpc) is 3.28. The van der Waals surface area contributed by atoms with Crippen LogP contribution in [0.15, 0.2) is 66.7 Å². The molecular weight excluding hydrogens is 444 g/mol. The summed E-state index contributed by atoms with van der Waals surface area (Å²) >= 11 is 0. The van der Waals surface area contributed by atoms with Crippen LogP contribution in [0.1, 0.15) is 0 Å². The summed E-state index contributed by atoms with van der Waals surface area (Å²) < 4.78 is 11.5. The van der Waals surface area contributed by atoms with E-state index in [2.05, 4.69) is 25.7 Å². The van der Waals surface area contributed by atoms with E-state index in [9.17, 15) is 4.79 Å². The van der Waals surface area contributed by atoms with E-state index in [0.717, 1.165) is 66.3 Å². The summed E-state index contributed by atoms with van der Waals surface area (Å²) in [6, 6.07) is 20.5. The van der Waals surface area contributed by atoms with Gasteiger partial charge in [0, 0.05) is 31.0 Å². The molecule has 0 bridgehead atoms. The fraction of sp³-hybridized carbons (Fsp3) is 0.231. The number of hydrogen-bond donors (Lipinski definition) is 4. The van der Waals surface area contributed by atoms with Gasteiger partial charge in [0.25, 0.3) is 0 Å². The van der Waals surface area contributed by atoms with Crippen molar-refractivity contribution in [3.8, 4) is 16.9 Å². The first-order valence-electron chi connectivity index (χ1n) is 11.6. The summed E-state index contributed by atoms with van der Waals surface area (Å²) in [6.07, 6.45) is 0. The van der Waals surface area contributed by atoms with Crippen LogP contribution >= 0.6 is 0 Å². The Morgan fingerprint density at radius 2 is 1.71 bits per heavy atom. The van der Waals surface area contributed by atoms with Crippen molar-refractivity contribution in [3.05, 3.63) is 66.7 Å². The van der Waals surface area contributed by atoms with Gasteiger partial charge in [-0.25, -0.2) is 4.79 Å². The Morgan fingerprint density at radius 1 is 1.00 bits per heavy atom. The second-order valence-electron chi connectivity index (χ2n) is 8.30. The van der Waals surface area contributed by atoms with E-state index in [4.69, 9.17) is 15.2 Å². The molecule has 2 amide bonds. The van der Waals surface area contributed by atoms with Crippen LogP contribution in [0.4, 0.5) is 22.0 Å². The Labute approximate surface area is 203 Å². The minimum absolute atomic E-state index is 0.302.